The molecule has 0 saturated heterocycles. The molecular weight excluding hydrogens is 414 g/mol. The van der Waals surface area contributed by atoms with Gasteiger partial charge in [0.05, 0.1) is 17.3 Å². The minimum absolute atomic E-state index is 0.0146. The van der Waals surface area contributed by atoms with Gasteiger partial charge in [0.15, 0.2) is 11.5 Å². The van der Waals surface area contributed by atoms with Crippen LogP contribution in [0.15, 0.2) is 36.4 Å². The van der Waals surface area contributed by atoms with E-state index < -0.39 is 23.4 Å². The molecule has 28 heavy (non-hydrogen) atoms. The van der Waals surface area contributed by atoms with Crippen LogP contribution in [-0.2, 0) is 13.0 Å². The van der Waals surface area contributed by atoms with Crippen molar-refractivity contribution in [3.63, 3.8) is 0 Å². The van der Waals surface area contributed by atoms with E-state index in [9.17, 15) is 18.0 Å². The summed E-state index contributed by atoms with van der Waals surface area (Å²) in [5.41, 5.74) is 0.959. The predicted molar refractivity (Wildman–Crippen MR) is 99.5 cm³/mol. The quantitative estimate of drug-likeness (QED) is 0.600. The summed E-state index contributed by atoms with van der Waals surface area (Å²) in [6, 6.07) is 7.49. The SMILES string of the molecule is O=C1c2nn(Cc3cc(F)cc(F)c3)c(Cl)c2CCN1c1cccc(Cl)c1F. The van der Waals surface area contributed by atoms with Crippen molar-refractivity contribution in [2.24, 2.45) is 0 Å². The molecule has 0 saturated carbocycles. The Labute approximate surface area is 168 Å². The molecule has 2 heterocycles. The Balaban J connectivity index is 1.68. The average Bonchev–Trinajstić information content (AvgIpc) is 2.94. The molecule has 144 valence electrons. The lowest BCUT2D eigenvalue weighted by Gasteiger charge is -2.26. The second kappa shape index (κ2) is 7.14. The van der Waals surface area contributed by atoms with Gasteiger partial charge in [-0.15, -0.1) is 0 Å². The van der Waals surface area contributed by atoms with Crippen molar-refractivity contribution in [2.75, 3.05) is 11.4 Å². The van der Waals surface area contributed by atoms with Gasteiger partial charge in [0.2, 0.25) is 0 Å². The highest BCUT2D eigenvalue weighted by Gasteiger charge is 2.33. The fourth-order valence-corrected chi connectivity index (χ4v) is 3.69. The van der Waals surface area contributed by atoms with Crippen LogP contribution in [0.25, 0.3) is 0 Å². The summed E-state index contributed by atoms with van der Waals surface area (Å²) in [5, 5.41) is 4.32. The highest BCUT2D eigenvalue weighted by molar-refractivity contribution is 6.32. The number of hydrogen-bond acceptors (Lipinski definition) is 2. The van der Waals surface area contributed by atoms with Crippen LogP contribution in [0.4, 0.5) is 18.9 Å². The second-order valence-corrected chi connectivity index (χ2v) is 7.10. The molecule has 0 fully saturated rings. The first kappa shape index (κ1) is 18.8. The Morgan fingerprint density at radius 3 is 2.50 bits per heavy atom. The first-order chi connectivity index (χ1) is 13.3. The molecule has 0 radical (unpaired) electrons. The normalized spacial score (nSPS) is 13.8. The lowest BCUT2D eigenvalue weighted by atomic mass is 10.1. The number of carbonyl (C=O) groups excluding carboxylic acids is 1. The highest BCUT2D eigenvalue weighted by Crippen LogP contribution is 2.32. The summed E-state index contributed by atoms with van der Waals surface area (Å²) < 4.78 is 42.5. The fourth-order valence-electron chi connectivity index (χ4n) is 3.24. The first-order valence-electron chi connectivity index (χ1n) is 8.31. The third kappa shape index (κ3) is 3.25. The Morgan fingerprint density at radius 1 is 1.07 bits per heavy atom. The van der Waals surface area contributed by atoms with Gasteiger partial charge in [-0.05, 0) is 36.2 Å². The molecule has 1 aliphatic rings. The van der Waals surface area contributed by atoms with Crippen molar-refractivity contribution in [1.29, 1.82) is 0 Å². The zero-order valence-corrected chi connectivity index (χ0v) is 15.7. The van der Waals surface area contributed by atoms with Crippen LogP contribution in [0, 0.1) is 17.5 Å². The molecule has 0 atom stereocenters. The molecule has 0 unspecified atom stereocenters. The zero-order valence-electron chi connectivity index (χ0n) is 14.2. The number of rotatable bonds is 3. The van der Waals surface area contributed by atoms with Crippen molar-refractivity contribution in [3.8, 4) is 0 Å². The second-order valence-electron chi connectivity index (χ2n) is 6.33. The summed E-state index contributed by atoms with van der Waals surface area (Å²) >= 11 is 12.1. The third-order valence-corrected chi connectivity index (χ3v) is 5.21. The largest absolute Gasteiger partial charge is 0.304 e. The van der Waals surface area contributed by atoms with E-state index in [2.05, 4.69) is 5.10 Å². The topological polar surface area (TPSA) is 38.1 Å². The van der Waals surface area contributed by atoms with Crippen molar-refractivity contribution in [2.45, 2.75) is 13.0 Å². The van der Waals surface area contributed by atoms with Gasteiger partial charge in [-0.25, -0.2) is 17.9 Å². The summed E-state index contributed by atoms with van der Waals surface area (Å²) in [6.45, 7) is 0.183. The maximum Gasteiger partial charge on any atom is 0.279 e. The first-order valence-corrected chi connectivity index (χ1v) is 9.07. The summed E-state index contributed by atoms with van der Waals surface area (Å²) in [5.74, 6) is -2.65. The van der Waals surface area contributed by atoms with Gasteiger partial charge in [0, 0.05) is 18.2 Å². The minimum Gasteiger partial charge on any atom is -0.304 e. The Bertz CT molecular complexity index is 1080. The van der Waals surface area contributed by atoms with Crippen LogP contribution in [0.2, 0.25) is 10.2 Å². The minimum atomic E-state index is -0.721. The van der Waals surface area contributed by atoms with Crippen LogP contribution in [0.5, 0.6) is 0 Å². The number of aromatic nitrogens is 2. The van der Waals surface area contributed by atoms with Crippen LogP contribution in [0.3, 0.4) is 0 Å². The number of carbonyl (C=O) groups is 1. The number of amides is 1. The lowest BCUT2D eigenvalue weighted by Crippen LogP contribution is -2.38. The Morgan fingerprint density at radius 2 is 1.79 bits per heavy atom. The van der Waals surface area contributed by atoms with Gasteiger partial charge < -0.3 is 4.90 Å². The van der Waals surface area contributed by atoms with E-state index >= 15 is 0 Å². The number of nitrogens with zero attached hydrogens (tertiary/aromatic N) is 3. The molecule has 1 amide bonds. The summed E-state index contributed by atoms with van der Waals surface area (Å²) in [7, 11) is 0. The van der Waals surface area contributed by atoms with Crippen molar-refractivity contribution in [3.05, 3.63) is 80.8 Å². The Hall–Kier alpha value is -2.51. The molecule has 0 N–H and O–H groups in total. The molecule has 3 aromatic rings. The van der Waals surface area contributed by atoms with Crippen LogP contribution in [0.1, 0.15) is 21.6 Å². The highest BCUT2D eigenvalue weighted by atomic mass is 35.5. The molecule has 1 aliphatic heterocycles. The molecule has 1 aromatic heterocycles. The van der Waals surface area contributed by atoms with Gasteiger partial charge in [-0.2, -0.15) is 5.10 Å². The van der Waals surface area contributed by atoms with Crippen molar-refractivity contribution >= 4 is 34.8 Å². The van der Waals surface area contributed by atoms with Gasteiger partial charge in [-0.3, -0.25) is 4.79 Å². The molecule has 9 heteroatoms. The van der Waals surface area contributed by atoms with Gasteiger partial charge in [0.25, 0.3) is 5.91 Å². The molecule has 0 aliphatic carbocycles. The number of benzene rings is 2. The maximum absolute atomic E-state index is 14.3. The molecule has 0 bridgehead atoms. The van der Waals surface area contributed by atoms with E-state index in [1.807, 2.05) is 0 Å². The molecular formula is C19H12Cl2F3N3O. The van der Waals surface area contributed by atoms with E-state index in [-0.39, 0.29) is 34.6 Å². The standard InChI is InChI=1S/C19H12Cl2F3N3O/c20-14-2-1-3-15(16(14)24)26-5-4-13-17(19(26)28)25-27(18(13)21)9-10-6-11(22)8-12(23)7-10/h1-3,6-8H,4-5,9H2. The van der Waals surface area contributed by atoms with Gasteiger partial charge in [-0.1, -0.05) is 29.3 Å². The molecule has 4 nitrogen and oxygen atoms in total. The molecule has 0 spiro atoms. The Kier molecular flexibility index (Phi) is 4.81. The van der Waals surface area contributed by atoms with Crippen molar-refractivity contribution in [1.82, 2.24) is 9.78 Å². The van der Waals surface area contributed by atoms with Crippen molar-refractivity contribution < 1.29 is 18.0 Å². The van der Waals surface area contributed by atoms with E-state index in [1.165, 1.54) is 21.7 Å². The van der Waals surface area contributed by atoms with E-state index in [0.717, 1.165) is 18.2 Å². The van der Waals surface area contributed by atoms with E-state index in [4.69, 9.17) is 23.2 Å². The van der Waals surface area contributed by atoms with E-state index in [0.29, 0.717) is 17.5 Å². The summed E-state index contributed by atoms with van der Waals surface area (Å²) in [6.07, 6.45) is 0.351. The monoisotopic (exact) mass is 425 g/mol. The summed E-state index contributed by atoms with van der Waals surface area (Å²) in [4.78, 5) is 14.1. The van der Waals surface area contributed by atoms with Gasteiger partial charge in [0.1, 0.15) is 16.8 Å². The average molecular weight is 426 g/mol. The number of halogens is 5. The maximum atomic E-state index is 14.3. The third-order valence-electron chi connectivity index (χ3n) is 4.49. The zero-order chi connectivity index (χ0) is 20.0. The van der Waals surface area contributed by atoms with Crippen LogP contribution in [-0.4, -0.2) is 22.2 Å². The van der Waals surface area contributed by atoms with Crippen LogP contribution < -0.4 is 4.90 Å². The van der Waals surface area contributed by atoms with Crippen LogP contribution >= 0.6 is 23.2 Å². The molecule has 4 rings (SSSR count). The van der Waals surface area contributed by atoms with E-state index in [1.54, 1.807) is 6.07 Å². The number of anilines is 1. The number of hydrogen-bond donors (Lipinski definition) is 0. The predicted octanol–water partition coefficient (Wildman–Crippen LogP) is 4.86. The van der Waals surface area contributed by atoms with Gasteiger partial charge >= 0.3 is 0 Å². The molecule has 2 aromatic carbocycles. The smallest absolute Gasteiger partial charge is 0.279 e. The number of fused-ring (bicyclic) bond motifs is 1. The lowest BCUT2D eigenvalue weighted by molar-refractivity contribution is 0.0974. The fraction of sp³-hybridized carbons (Fsp3) is 0.158.